The molecule has 0 unspecified atom stereocenters. The number of benzene rings is 3. The van der Waals surface area contributed by atoms with Gasteiger partial charge in [0.25, 0.3) is 5.91 Å². The van der Waals surface area contributed by atoms with E-state index in [9.17, 15) is 9.90 Å². The lowest BCUT2D eigenvalue weighted by molar-refractivity contribution is -0.0254. The normalized spacial score (nSPS) is 19.7. The van der Waals surface area contributed by atoms with Gasteiger partial charge in [0.1, 0.15) is 0 Å². The second-order valence-corrected chi connectivity index (χ2v) is 12.4. The Kier molecular flexibility index (Phi) is 10.6. The van der Waals surface area contributed by atoms with Crippen molar-refractivity contribution in [3.05, 3.63) is 106 Å². The van der Waals surface area contributed by atoms with Crippen molar-refractivity contribution < 1.29 is 19.5 Å². The van der Waals surface area contributed by atoms with E-state index in [4.69, 9.17) is 21.2 Å². The molecule has 45 heavy (non-hydrogen) atoms. The lowest BCUT2D eigenvalue weighted by Crippen LogP contribution is -2.42. The molecule has 0 aliphatic carbocycles. The van der Waals surface area contributed by atoms with Crippen molar-refractivity contribution in [2.75, 3.05) is 77.1 Å². The minimum atomic E-state index is -0.815. The maximum Gasteiger partial charge on any atom is 0.258 e. The Morgan fingerprint density at radius 1 is 0.844 bits per heavy atom. The molecule has 3 aromatic rings. The Bertz CT molecular complexity index is 1470. The van der Waals surface area contributed by atoms with Gasteiger partial charge in [-0.2, -0.15) is 0 Å². The van der Waals surface area contributed by atoms with Gasteiger partial charge in [0.2, 0.25) is 0 Å². The second kappa shape index (κ2) is 15.0. The fraction of sp³-hybridized carbons (Fsp3) is 0.417. The van der Waals surface area contributed by atoms with Gasteiger partial charge in [0.15, 0.2) is 0 Å². The van der Waals surface area contributed by atoms with Gasteiger partial charge in [-0.25, -0.2) is 5.48 Å². The van der Waals surface area contributed by atoms with Gasteiger partial charge in [0, 0.05) is 62.0 Å². The Balaban J connectivity index is 1.11. The molecule has 238 valence electrons. The van der Waals surface area contributed by atoms with Crippen LogP contribution in [-0.2, 0) is 15.2 Å². The van der Waals surface area contributed by atoms with Gasteiger partial charge in [-0.3, -0.25) is 14.5 Å². The van der Waals surface area contributed by atoms with Crippen LogP contribution >= 0.6 is 11.6 Å². The SMILES string of the molecule is O=C1c2ccccc2C(=CCCN2CCC(O)(c3ccc(Cl)cc3)CC2)c2ccccc2N1CCONCCN1CCOCC1. The summed E-state index contributed by atoms with van der Waals surface area (Å²) >= 11 is 6.06. The highest BCUT2D eigenvalue weighted by Gasteiger charge is 2.34. The molecule has 2 saturated heterocycles. The number of hydrogen-bond acceptors (Lipinski definition) is 7. The van der Waals surface area contributed by atoms with Gasteiger partial charge in [0.05, 0.1) is 37.7 Å². The molecule has 0 atom stereocenters. The number of aliphatic hydroxyl groups is 1. The molecule has 3 aliphatic rings. The van der Waals surface area contributed by atoms with Crippen molar-refractivity contribution >= 4 is 28.8 Å². The zero-order chi connectivity index (χ0) is 31.1. The maximum atomic E-state index is 14.0. The van der Waals surface area contributed by atoms with Crippen molar-refractivity contribution in [3.8, 4) is 0 Å². The third-order valence-corrected chi connectivity index (χ3v) is 9.44. The number of hydroxylamine groups is 1. The summed E-state index contributed by atoms with van der Waals surface area (Å²) in [6, 6.07) is 23.6. The van der Waals surface area contributed by atoms with E-state index in [1.54, 1.807) is 0 Å². The molecule has 3 aliphatic heterocycles. The maximum absolute atomic E-state index is 14.0. The molecule has 3 heterocycles. The van der Waals surface area contributed by atoms with E-state index < -0.39 is 5.60 Å². The average Bonchev–Trinajstić information content (AvgIpc) is 3.17. The van der Waals surface area contributed by atoms with Crippen LogP contribution in [-0.4, -0.2) is 93.0 Å². The van der Waals surface area contributed by atoms with Crippen LogP contribution in [0.5, 0.6) is 0 Å². The zero-order valence-electron chi connectivity index (χ0n) is 25.8. The number of carbonyl (C=O) groups is 1. The van der Waals surface area contributed by atoms with E-state index in [1.165, 1.54) is 0 Å². The van der Waals surface area contributed by atoms with Crippen molar-refractivity contribution in [3.63, 3.8) is 0 Å². The van der Waals surface area contributed by atoms with Gasteiger partial charge < -0.3 is 19.6 Å². The number of carbonyl (C=O) groups excluding carboxylic acids is 1. The number of likely N-dealkylation sites (tertiary alicyclic amines) is 1. The van der Waals surface area contributed by atoms with E-state index in [1.807, 2.05) is 65.6 Å². The fourth-order valence-electron chi connectivity index (χ4n) is 6.58. The van der Waals surface area contributed by atoms with E-state index in [-0.39, 0.29) is 5.91 Å². The minimum absolute atomic E-state index is 0.0177. The smallest absolute Gasteiger partial charge is 0.258 e. The number of piperidine rings is 1. The molecule has 9 heteroatoms. The van der Waals surface area contributed by atoms with Crippen LogP contribution in [0.15, 0.2) is 78.9 Å². The predicted molar refractivity (Wildman–Crippen MR) is 178 cm³/mol. The Morgan fingerprint density at radius 2 is 1.51 bits per heavy atom. The highest BCUT2D eigenvalue weighted by molar-refractivity contribution is 6.30. The predicted octanol–water partition coefficient (Wildman–Crippen LogP) is 4.96. The van der Waals surface area contributed by atoms with E-state index in [0.717, 1.165) is 93.4 Å². The van der Waals surface area contributed by atoms with Crippen molar-refractivity contribution in [2.45, 2.75) is 24.9 Å². The number of morpholine rings is 1. The van der Waals surface area contributed by atoms with Crippen molar-refractivity contribution in [1.29, 1.82) is 0 Å². The number of anilines is 1. The second-order valence-electron chi connectivity index (χ2n) is 12.0. The Hall–Kier alpha value is -3.08. The molecule has 3 aromatic carbocycles. The first kappa shape index (κ1) is 31.9. The van der Waals surface area contributed by atoms with E-state index in [2.05, 4.69) is 33.5 Å². The quantitative estimate of drug-likeness (QED) is 0.229. The highest BCUT2D eigenvalue weighted by atomic mass is 35.5. The van der Waals surface area contributed by atoms with Gasteiger partial charge in [-0.05, 0) is 60.2 Å². The Labute approximate surface area is 271 Å². The monoisotopic (exact) mass is 630 g/mol. The molecule has 0 aromatic heterocycles. The highest BCUT2D eigenvalue weighted by Crippen LogP contribution is 2.38. The number of rotatable bonds is 11. The van der Waals surface area contributed by atoms with E-state index in [0.29, 0.717) is 36.6 Å². The summed E-state index contributed by atoms with van der Waals surface area (Å²) < 4.78 is 5.42. The van der Waals surface area contributed by atoms with Crippen molar-refractivity contribution in [1.82, 2.24) is 15.3 Å². The summed E-state index contributed by atoms with van der Waals surface area (Å²) in [5.41, 5.74) is 7.87. The largest absolute Gasteiger partial charge is 0.385 e. The van der Waals surface area contributed by atoms with Crippen LogP contribution in [0, 0.1) is 0 Å². The lowest BCUT2D eigenvalue weighted by atomic mass is 9.84. The minimum Gasteiger partial charge on any atom is -0.385 e. The molecule has 1 amide bonds. The van der Waals surface area contributed by atoms with Crippen LogP contribution in [0.2, 0.25) is 5.02 Å². The molecular weight excluding hydrogens is 588 g/mol. The number of hydrogen-bond donors (Lipinski definition) is 2. The zero-order valence-corrected chi connectivity index (χ0v) is 26.6. The molecule has 0 saturated carbocycles. The van der Waals surface area contributed by atoms with Gasteiger partial charge in [-0.1, -0.05) is 66.2 Å². The molecule has 2 fully saturated rings. The number of nitrogens with one attached hydrogen (secondary N) is 1. The number of fused-ring (bicyclic) bond motifs is 2. The molecule has 8 nitrogen and oxygen atoms in total. The molecule has 6 rings (SSSR count). The van der Waals surface area contributed by atoms with E-state index >= 15 is 0 Å². The topological polar surface area (TPSA) is 77.5 Å². The number of nitrogens with zero attached hydrogens (tertiary/aromatic N) is 3. The first-order valence-electron chi connectivity index (χ1n) is 16.1. The first-order valence-corrected chi connectivity index (χ1v) is 16.5. The number of halogens is 1. The molecule has 2 N–H and O–H groups in total. The third kappa shape index (κ3) is 7.67. The van der Waals surface area contributed by atoms with Crippen LogP contribution in [0.3, 0.4) is 0 Å². The standard InChI is InChI=1S/C36H43ClN4O4/c37-29-13-11-28(12-14-29)36(43)15-19-39(20-16-36)18-5-9-30-31-6-1-2-8-33(31)35(42)41(34-10-4-3-7-32(30)34)24-27-45-38-17-21-40-22-25-44-26-23-40/h1-4,6-14,38,43H,5,15-27H2. The first-order chi connectivity index (χ1) is 22.0. The molecular formula is C36H43ClN4O4. The average molecular weight is 631 g/mol. The van der Waals surface area contributed by atoms with Crippen LogP contribution in [0.4, 0.5) is 5.69 Å². The summed E-state index contributed by atoms with van der Waals surface area (Å²) in [6.07, 6.45) is 4.48. The number of para-hydroxylation sites is 1. The van der Waals surface area contributed by atoms with Crippen LogP contribution in [0.25, 0.3) is 5.57 Å². The van der Waals surface area contributed by atoms with Gasteiger partial charge in [-0.15, -0.1) is 0 Å². The third-order valence-electron chi connectivity index (χ3n) is 9.19. The van der Waals surface area contributed by atoms with Gasteiger partial charge >= 0.3 is 0 Å². The summed E-state index contributed by atoms with van der Waals surface area (Å²) in [5, 5.41) is 12.0. The summed E-state index contributed by atoms with van der Waals surface area (Å²) in [6.45, 7) is 8.41. The molecule has 0 radical (unpaired) electrons. The lowest BCUT2D eigenvalue weighted by Gasteiger charge is -2.38. The summed E-state index contributed by atoms with van der Waals surface area (Å²) in [5.74, 6) is -0.0177. The fourth-order valence-corrected chi connectivity index (χ4v) is 6.71. The summed E-state index contributed by atoms with van der Waals surface area (Å²) in [4.78, 5) is 26.3. The Morgan fingerprint density at radius 3 is 2.27 bits per heavy atom. The number of amides is 1. The summed E-state index contributed by atoms with van der Waals surface area (Å²) in [7, 11) is 0. The van der Waals surface area contributed by atoms with Crippen molar-refractivity contribution in [2.24, 2.45) is 0 Å². The van der Waals surface area contributed by atoms with Crippen LogP contribution < -0.4 is 10.4 Å². The molecule has 0 bridgehead atoms. The number of ether oxygens (including phenoxy) is 1. The van der Waals surface area contributed by atoms with Crippen LogP contribution in [0.1, 0.15) is 46.3 Å². The molecule has 0 spiro atoms.